The molecule has 0 bridgehead atoms. The van der Waals surface area contributed by atoms with Gasteiger partial charge in [0.05, 0.1) is 0 Å². The maximum atomic E-state index is 5.33. The molecule has 0 spiro atoms. The molecule has 1 aromatic carbocycles. The third-order valence-electron chi connectivity index (χ3n) is 2.27. The summed E-state index contributed by atoms with van der Waals surface area (Å²) in [5, 5.41) is 0. The Morgan fingerprint density at radius 2 is 1.53 bits per heavy atom. The predicted octanol–water partition coefficient (Wildman–Crippen LogP) is 0.639. The van der Waals surface area contributed by atoms with E-state index in [1.165, 1.54) is 0 Å². The molecule has 0 atom stereocenters. The first-order valence-corrected chi connectivity index (χ1v) is 5.17. The van der Waals surface area contributed by atoms with Gasteiger partial charge in [0.25, 0.3) is 0 Å². The summed E-state index contributed by atoms with van der Waals surface area (Å²) in [4.78, 5) is 8.50. The number of nitrogens with one attached hydrogen (secondary N) is 2. The van der Waals surface area contributed by atoms with Crippen molar-refractivity contribution in [2.75, 3.05) is 10.9 Å². The Bertz CT molecular complexity index is 462. The summed E-state index contributed by atoms with van der Waals surface area (Å²) < 4.78 is 0. The molecular weight excluding hydrogens is 216 g/mol. The number of hydrazine groups is 2. The Hall–Kier alpha value is -2.18. The fourth-order valence-corrected chi connectivity index (χ4v) is 1.50. The van der Waals surface area contributed by atoms with Gasteiger partial charge >= 0.3 is 0 Å². The van der Waals surface area contributed by atoms with Crippen LogP contribution in [0.5, 0.6) is 0 Å². The molecule has 0 aliphatic rings. The van der Waals surface area contributed by atoms with Gasteiger partial charge in [-0.1, -0.05) is 30.3 Å². The lowest BCUT2D eigenvalue weighted by Gasteiger charge is -2.07. The van der Waals surface area contributed by atoms with Crippen molar-refractivity contribution in [3.8, 4) is 0 Å². The molecule has 6 nitrogen and oxygen atoms in total. The summed E-state index contributed by atoms with van der Waals surface area (Å²) in [6, 6.07) is 11.6. The minimum Gasteiger partial charge on any atom is -0.308 e. The fraction of sp³-hybridized carbons (Fsp3) is 0.0909. The van der Waals surface area contributed by atoms with Crippen LogP contribution in [0.2, 0.25) is 0 Å². The van der Waals surface area contributed by atoms with E-state index in [0.717, 1.165) is 5.56 Å². The number of rotatable bonds is 4. The van der Waals surface area contributed by atoms with E-state index in [1.807, 2.05) is 30.3 Å². The average molecular weight is 230 g/mol. The van der Waals surface area contributed by atoms with Crippen molar-refractivity contribution >= 4 is 11.6 Å². The highest BCUT2D eigenvalue weighted by molar-refractivity contribution is 5.46. The minimum absolute atomic E-state index is 0.527. The Morgan fingerprint density at radius 3 is 2.06 bits per heavy atom. The normalized spacial score (nSPS) is 10.0. The van der Waals surface area contributed by atoms with E-state index >= 15 is 0 Å². The van der Waals surface area contributed by atoms with Gasteiger partial charge in [-0.2, -0.15) is 0 Å². The first-order valence-electron chi connectivity index (χ1n) is 5.17. The Kier molecular flexibility index (Phi) is 3.49. The van der Waals surface area contributed by atoms with Crippen LogP contribution < -0.4 is 22.5 Å². The molecule has 0 fully saturated rings. The number of anilines is 2. The molecule has 2 aromatic rings. The number of aromatic nitrogens is 2. The smallest absolute Gasteiger partial charge is 0.145 e. The largest absolute Gasteiger partial charge is 0.308 e. The summed E-state index contributed by atoms with van der Waals surface area (Å²) in [5.41, 5.74) is 6.09. The molecule has 0 saturated carbocycles. The maximum Gasteiger partial charge on any atom is 0.145 e. The van der Waals surface area contributed by atoms with E-state index in [-0.39, 0.29) is 0 Å². The van der Waals surface area contributed by atoms with E-state index in [2.05, 4.69) is 20.8 Å². The minimum atomic E-state index is 0.527. The molecule has 1 heterocycles. The fourth-order valence-electron chi connectivity index (χ4n) is 1.50. The summed E-state index contributed by atoms with van der Waals surface area (Å²) in [6.45, 7) is 0. The van der Waals surface area contributed by atoms with Gasteiger partial charge in [-0.25, -0.2) is 21.7 Å². The van der Waals surface area contributed by atoms with Crippen molar-refractivity contribution in [3.63, 3.8) is 0 Å². The lowest BCUT2D eigenvalue weighted by atomic mass is 10.1. The van der Waals surface area contributed by atoms with Crippen LogP contribution in [0.3, 0.4) is 0 Å². The highest BCUT2D eigenvalue weighted by Crippen LogP contribution is 2.12. The van der Waals surface area contributed by atoms with Crippen molar-refractivity contribution in [3.05, 3.63) is 47.8 Å². The van der Waals surface area contributed by atoms with E-state index in [1.54, 1.807) is 6.07 Å². The second-order valence-corrected chi connectivity index (χ2v) is 3.51. The van der Waals surface area contributed by atoms with E-state index in [0.29, 0.717) is 23.9 Å². The second kappa shape index (κ2) is 5.24. The molecule has 0 unspecified atom stereocenters. The molecule has 88 valence electrons. The van der Waals surface area contributed by atoms with Crippen molar-refractivity contribution in [1.29, 1.82) is 0 Å². The molecule has 0 amide bonds. The van der Waals surface area contributed by atoms with Gasteiger partial charge in [0.15, 0.2) is 0 Å². The van der Waals surface area contributed by atoms with Crippen LogP contribution in [0.1, 0.15) is 11.4 Å². The summed E-state index contributed by atoms with van der Waals surface area (Å²) >= 11 is 0. The van der Waals surface area contributed by atoms with E-state index in [4.69, 9.17) is 11.7 Å². The SMILES string of the molecule is NNc1cc(NN)nc(Cc2ccccc2)n1. The molecule has 0 aliphatic carbocycles. The molecule has 2 rings (SSSR count). The van der Waals surface area contributed by atoms with Crippen LogP contribution in [0.25, 0.3) is 0 Å². The van der Waals surface area contributed by atoms with Gasteiger partial charge in [-0.15, -0.1) is 0 Å². The molecule has 0 aliphatic heterocycles. The number of nitrogens with zero attached hydrogens (tertiary/aromatic N) is 2. The molecule has 6 N–H and O–H groups in total. The maximum absolute atomic E-state index is 5.33. The van der Waals surface area contributed by atoms with Crippen LogP contribution in [0, 0.1) is 0 Å². The quantitative estimate of drug-likeness (QED) is 0.454. The average Bonchev–Trinajstić information content (AvgIpc) is 2.39. The monoisotopic (exact) mass is 230 g/mol. The van der Waals surface area contributed by atoms with Crippen LogP contribution in [-0.4, -0.2) is 9.97 Å². The standard InChI is InChI=1S/C11H14N6/c12-16-10-7-11(17-13)15-9(14-10)6-8-4-2-1-3-5-8/h1-5,7H,6,12-13H2,(H2,14,15,16,17). The van der Waals surface area contributed by atoms with Gasteiger partial charge in [-0.05, 0) is 5.56 Å². The number of hydrogen-bond acceptors (Lipinski definition) is 6. The Morgan fingerprint density at radius 1 is 0.941 bits per heavy atom. The highest BCUT2D eigenvalue weighted by atomic mass is 15.3. The van der Waals surface area contributed by atoms with E-state index < -0.39 is 0 Å². The Labute approximate surface area is 99.0 Å². The second-order valence-electron chi connectivity index (χ2n) is 3.51. The summed E-state index contributed by atoms with van der Waals surface area (Å²) in [5.74, 6) is 12.4. The van der Waals surface area contributed by atoms with Gasteiger partial charge in [0.2, 0.25) is 0 Å². The predicted molar refractivity (Wildman–Crippen MR) is 66.9 cm³/mol. The first-order chi connectivity index (χ1) is 8.31. The van der Waals surface area contributed by atoms with E-state index in [9.17, 15) is 0 Å². The van der Waals surface area contributed by atoms with Crippen LogP contribution in [0.15, 0.2) is 36.4 Å². The molecule has 0 radical (unpaired) electrons. The van der Waals surface area contributed by atoms with Crippen molar-refractivity contribution in [1.82, 2.24) is 9.97 Å². The molecule has 1 aromatic heterocycles. The Balaban J connectivity index is 2.26. The van der Waals surface area contributed by atoms with Gasteiger partial charge in [0, 0.05) is 12.5 Å². The molecular formula is C11H14N6. The van der Waals surface area contributed by atoms with Crippen LogP contribution in [-0.2, 0) is 6.42 Å². The number of benzene rings is 1. The number of nitrogen functional groups attached to an aromatic ring is 2. The number of nitrogens with two attached hydrogens (primary N) is 2. The summed E-state index contributed by atoms with van der Waals surface area (Å²) in [6.07, 6.45) is 0.630. The van der Waals surface area contributed by atoms with Gasteiger partial charge in [-0.3, -0.25) is 0 Å². The first kappa shape index (κ1) is 11.3. The molecule has 0 saturated heterocycles. The van der Waals surface area contributed by atoms with Crippen LogP contribution >= 0.6 is 0 Å². The van der Waals surface area contributed by atoms with Gasteiger partial charge < -0.3 is 10.9 Å². The third kappa shape index (κ3) is 2.90. The summed E-state index contributed by atoms with van der Waals surface area (Å²) in [7, 11) is 0. The zero-order valence-electron chi connectivity index (χ0n) is 9.22. The highest BCUT2D eigenvalue weighted by Gasteiger charge is 2.04. The van der Waals surface area contributed by atoms with Gasteiger partial charge in [0.1, 0.15) is 17.5 Å². The lowest BCUT2D eigenvalue weighted by Crippen LogP contribution is -2.14. The van der Waals surface area contributed by atoms with Crippen molar-refractivity contribution in [2.45, 2.75) is 6.42 Å². The van der Waals surface area contributed by atoms with Crippen molar-refractivity contribution < 1.29 is 0 Å². The third-order valence-corrected chi connectivity index (χ3v) is 2.27. The zero-order chi connectivity index (χ0) is 12.1. The molecule has 17 heavy (non-hydrogen) atoms. The molecule has 6 heteroatoms. The topological polar surface area (TPSA) is 102 Å². The lowest BCUT2D eigenvalue weighted by molar-refractivity contribution is 0.962. The zero-order valence-corrected chi connectivity index (χ0v) is 9.22. The number of hydrogen-bond donors (Lipinski definition) is 4. The van der Waals surface area contributed by atoms with Crippen molar-refractivity contribution in [2.24, 2.45) is 11.7 Å². The van der Waals surface area contributed by atoms with Crippen LogP contribution in [0.4, 0.5) is 11.6 Å².